The number of aliphatic hydroxyl groups is 1. The summed E-state index contributed by atoms with van der Waals surface area (Å²) in [6.07, 6.45) is 10.8. The highest BCUT2D eigenvalue weighted by atomic mass is 16.5. The van der Waals surface area contributed by atoms with Crippen LogP contribution in [0.2, 0.25) is 0 Å². The fourth-order valence-electron chi connectivity index (χ4n) is 0.970. The molecule has 0 rings (SSSR count). The third-order valence-electron chi connectivity index (χ3n) is 1.99. The van der Waals surface area contributed by atoms with E-state index in [1.165, 1.54) is 5.57 Å². The Morgan fingerprint density at radius 3 is 2.28 bits per heavy atom. The second-order valence-electron chi connectivity index (χ2n) is 3.96. The minimum Gasteiger partial charge on any atom is -0.458 e. The van der Waals surface area contributed by atoms with Crippen molar-refractivity contribution in [2.24, 2.45) is 0 Å². The quantitative estimate of drug-likeness (QED) is 0.542. The SMILES string of the molecule is C=C/C(=C\C=C(C)C)OC(/C=C\C(=C)CO)=C/C. The molecule has 0 aliphatic carbocycles. The first kappa shape index (κ1) is 16.2. The molecule has 0 saturated heterocycles. The van der Waals surface area contributed by atoms with E-state index in [9.17, 15) is 0 Å². The molecular formula is C16H22O2. The van der Waals surface area contributed by atoms with Gasteiger partial charge >= 0.3 is 0 Å². The van der Waals surface area contributed by atoms with Crippen molar-refractivity contribution < 1.29 is 9.84 Å². The summed E-state index contributed by atoms with van der Waals surface area (Å²) in [7, 11) is 0. The molecule has 1 N–H and O–H groups in total. The molecule has 0 aromatic carbocycles. The van der Waals surface area contributed by atoms with Crippen molar-refractivity contribution in [3.8, 4) is 0 Å². The Hall–Kier alpha value is -1.80. The van der Waals surface area contributed by atoms with Crippen LogP contribution < -0.4 is 0 Å². The number of ether oxygens (including phenoxy) is 1. The Morgan fingerprint density at radius 1 is 1.17 bits per heavy atom. The van der Waals surface area contributed by atoms with Crippen molar-refractivity contribution in [2.45, 2.75) is 20.8 Å². The van der Waals surface area contributed by atoms with Gasteiger partial charge in [-0.3, -0.25) is 0 Å². The summed E-state index contributed by atoms with van der Waals surface area (Å²) in [5.74, 6) is 1.35. The van der Waals surface area contributed by atoms with E-state index in [0.29, 0.717) is 17.1 Å². The molecule has 0 atom stereocenters. The maximum absolute atomic E-state index is 8.85. The maximum Gasteiger partial charge on any atom is 0.126 e. The van der Waals surface area contributed by atoms with E-state index in [1.54, 1.807) is 18.2 Å². The molecule has 0 spiro atoms. The van der Waals surface area contributed by atoms with Crippen molar-refractivity contribution in [3.63, 3.8) is 0 Å². The smallest absolute Gasteiger partial charge is 0.126 e. The van der Waals surface area contributed by atoms with Crippen molar-refractivity contribution in [2.75, 3.05) is 6.61 Å². The van der Waals surface area contributed by atoms with Gasteiger partial charge in [0, 0.05) is 0 Å². The molecule has 0 fully saturated rings. The first-order valence-electron chi connectivity index (χ1n) is 5.82. The first-order chi connectivity index (χ1) is 8.53. The van der Waals surface area contributed by atoms with E-state index in [1.807, 2.05) is 39.0 Å². The van der Waals surface area contributed by atoms with Crippen LogP contribution in [0.3, 0.4) is 0 Å². The van der Waals surface area contributed by atoms with Gasteiger partial charge in [0.05, 0.1) is 6.61 Å². The molecule has 0 saturated carbocycles. The van der Waals surface area contributed by atoms with E-state index in [4.69, 9.17) is 9.84 Å². The molecule has 0 bridgehead atoms. The van der Waals surface area contributed by atoms with E-state index < -0.39 is 0 Å². The van der Waals surface area contributed by atoms with Crippen LogP contribution in [0.25, 0.3) is 0 Å². The normalized spacial score (nSPS) is 12.4. The van der Waals surface area contributed by atoms with Crippen molar-refractivity contribution in [1.82, 2.24) is 0 Å². The van der Waals surface area contributed by atoms with Crippen LogP contribution in [-0.4, -0.2) is 11.7 Å². The molecule has 2 nitrogen and oxygen atoms in total. The Morgan fingerprint density at radius 2 is 1.83 bits per heavy atom. The lowest BCUT2D eigenvalue weighted by Crippen LogP contribution is -1.89. The highest BCUT2D eigenvalue weighted by molar-refractivity contribution is 5.26. The standard InChI is InChI=1S/C16H22O2/c1-6-15(10-8-13(3)4)18-16(7-2)11-9-14(5)12-17/h6-11,17H,1,5,12H2,2-4H3/b11-9-,15-10+,16-7+. The predicted molar refractivity (Wildman–Crippen MR) is 77.9 cm³/mol. The Kier molecular flexibility index (Phi) is 8.33. The molecule has 0 radical (unpaired) electrons. The minimum atomic E-state index is -0.0601. The lowest BCUT2D eigenvalue weighted by atomic mass is 10.2. The van der Waals surface area contributed by atoms with Crippen LogP contribution in [0.15, 0.2) is 72.3 Å². The third-order valence-corrected chi connectivity index (χ3v) is 1.99. The molecule has 2 heteroatoms. The zero-order valence-corrected chi connectivity index (χ0v) is 11.4. The predicted octanol–water partition coefficient (Wildman–Crippen LogP) is 4.05. The van der Waals surface area contributed by atoms with Gasteiger partial charge < -0.3 is 9.84 Å². The summed E-state index contributed by atoms with van der Waals surface area (Å²) in [6.45, 7) is 13.2. The van der Waals surface area contributed by atoms with Gasteiger partial charge in [0.25, 0.3) is 0 Å². The molecule has 0 unspecified atom stereocenters. The summed E-state index contributed by atoms with van der Waals surface area (Å²) >= 11 is 0. The van der Waals surface area contributed by atoms with Crippen molar-refractivity contribution >= 4 is 0 Å². The van der Waals surface area contributed by atoms with Gasteiger partial charge in [-0.15, -0.1) is 0 Å². The Balaban J connectivity index is 4.77. The van der Waals surface area contributed by atoms with Crippen molar-refractivity contribution in [1.29, 1.82) is 0 Å². The number of hydrogen-bond donors (Lipinski definition) is 1. The van der Waals surface area contributed by atoms with Gasteiger partial charge in [-0.05, 0) is 50.6 Å². The highest BCUT2D eigenvalue weighted by Crippen LogP contribution is 2.11. The second-order valence-corrected chi connectivity index (χ2v) is 3.96. The molecule has 0 aliphatic rings. The third kappa shape index (κ3) is 7.47. The average molecular weight is 246 g/mol. The second kappa shape index (κ2) is 9.25. The lowest BCUT2D eigenvalue weighted by Gasteiger charge is -2.06. The monoisotopic (exact) mass is 246 g/mol. The van der Waals surface area contributed by atoms with Gasteiger partial charge in [-0.1, -0.05) is 30.9 Å². The number of allylic oxidation sites excluding steroid dienone is 6. The molecular weight excluding hydrogens is 224 g/mol. The molecule has 18 heavy (non-hydrogen) atoms. The summed E-state index contributed by atoms with van der Waals surface area (Å²) in [5, 5.41) is 8.85. The Bertz CT molecular complexity index is 403. The molecule has 0 aromatic rings. The first-order valence-corrected chi connectivity index (χ1v) is 5.82. The summed E-state index contributed by atoms with van der Waals surface area (Å²) in [5.41, 5.74) is 1.82. The molecule has 0 aliphatic heterocycles. The maximum atomic E-state index is 8.85. The summed E-state index contributed by atoms with van der Waals surface area (Å²) in [4.78, 5) is 0. The fourth-order valence-corrected chi connectivity index (χ4v) is 0.970. The van der Waals surface area contributed by atoms with Gasteiger partial charge in [0.2, 0.25) is 0 Å². The van der Waals surface area contributed by atoms with Gasteiger partial charge in [-0.2, -0.15) is 0 Å². The van der Waals surface area contributed by atoms with Crippen LogP contribution in [0.4, 0.5) is 0 Å². The van der Waals surface area contributed by atoms with Crippen LogP contribution in [-0.2, 0) is 4.74 Å². The lowest BCUT2D eigenvalue weighted by molar-refractivity contribution is 0.332. The Labute approximate surface area is 110 Å². The zero-order valence-electron chi connectivity index (χ0n) is 11.4. The van der Waals surface area contributed by atoms with Crippen LogP contribution in [0, 0.1) is 0 Å². The highest BCUT2D eigenvalue weighted by Gasteiger charge is 1.95. The summed E-state index contributed by atoms with van der Waals surface area (Å²) < 4.78 is 5.64. The largest absolute Gasteiger partial charge is 0.458 e. The molecule has 0 heterocycles. The van der Waals surface area contributed by atoms with Crippen LogP contribution in [0.1, 0.15) is 20.8 Å². The molecule has 0 aromatic heterocycles. The zero-order chi connectivity index (χ0) is 14.0. The fraction of sp³-hybridized carbons (Fsp3) is 0.250. The minimum absolute atomic E-state index is 0.0601. The topological polar surface area (TPSA) is 29.5 Å². The van der Waals surface area contributed by atoms with Gasteiger partial charge in [0.15, 0.2) is 0 Å². The van der Waals surface area contributed by atoms with E-state index >= 15 is 0 Å². The average Bonchev–Trinajstić information content (AvgIpc) is 2.37. The van der Waals surface area contributed by atoms with E-state index in [2.05, 4.69) is 13.2 Å². The molecule has 0 amide bonds. The molecule has 98 valence electrons. The number of hydrogen-bond acceptors (Lipinski definition) is 2. The number of rotatable bonds is 7. The van der Waals surface area contributed by atoms with Crippen molar-refractivity contribution in [3.05, 3.63) is 72.3 Å². The summed E-state index contributed by atoms with van der Waals surface area (Å²) in [6, 6.07) is 0. The van der Waals surface area contributed by atoms with E-state index in [-0.39, 0.29) is 6.61 Å². The number of aliphatic hydroxyl groups excluding tert-OH is 1. The van der Waals surface area contributed by atoms with E-state index in [0.717, 1.165) is 0 Å². The van der Waals surface area contributed by atoms with Crippen LogP contribution in [0.5, 0.6) is 0 Å². The van der Waals surface area contributed by atoms with Crippen LogP contribution >= 0.6 is 0 Å². The van der Waals surface area contributed by atoms with Gasteiger partial charge in [0.1, 0.15) is 11.5 Å². The van der Waals surface area contributed by atoms with Gasteiger partial charge in [-0.25, -0.2) is 0 Å².